The zero-order valence-corrected chi connectivity index (χ0v) is 16.3. The summed E-state index contributed by atoms with van der Waals surface area (Å²) in [4.78, 5) is 11.5. The number of rotatable bonds is 4. The van der Waals surface area contributed by atoms with Gasteiger partial charge in [0.2, 0.25) is 0 Å². The van der Waals surface area contributed by atoms with Crippen LogP contribution in [0.25, 0.3) is 38.6 Å². The highest BCUT2D eigenvalue weighted by atomic mass is 16.6. The monoisotopic (exact) mass is 394 g/mol. The third-order valence-electron chi connectivity index (χ3n) is 5.40. The lowest BCUT2D eigenvalue weighted by molar-refractivity contribution is -0.384. The summed E-state index contributed by atoms with van der Waals surface area (Å²) >= 11 is 0. The van der Waals surface area contributed by atoms with E-state index in [4.69, 9.17) is 4.74 Å². The SMILES string of the molecule is COc1ccc(-c2cccc3c2c2ccccc2n3-c2ccccc2)c([N+](=O)[O-])c1. The second kappa shape index (κ2) is 7.04. The summed E-state index contributed by atoms with van der Waals surface area (Å²) in [5.74, 6) is 0.462. The lowest BCUT2D eigenvalue weighted by Crippen LogP contribution is -1.95. The van der Waals surface area contributed by atoms with Gasteiger partial charge in [0.1, 0.15) is 5.75 Å². The van der Waals surface area contributed by atoms with Crippen molar-refractivity contribution >= 4 is 27.5 Å². The first-order valence-electron chi connectivity index (χ1n) is 9.59. The first-order valence-corrected chi connectivity index (χ1v) is 9.59. The molecule has 0 unspecified atom stereocenters. The van der Waals surface area contributed by atoms with Crippen molar-refractivity contribution in [2.24, 2.45) is 0 Å². The molecular formula is C25H18N2O3. The Bertz CT molecular complexity index is 1400. The minimum absolute atomic E-state index is 0.0263. The van der Waals surface area contributed by atoms with Crippen molar-refractivity contribution in [3.8, 4) is 22.6 Å². The number of para-hydroxylation sites is 2. The number of nitro groups is 1. The summed E-state index contributed by atoms with van der Waals surface area (Å²) in [6.07, 6.45) is 0. The van der Waals surface area contributed by atoms with E-state index >= 15 is 0 Å². The van der Waals surface area contributed by atoms with E-state index in [0.29, 0.717) is 11.3 Å². The summed E-state index contributed by atoms with van der Waals surface area (Å²) in [7, 11) is 1.51. The van der Waals surface area contributed by atoms with Crippen LogP contribution in [-0.2, 0) is 0 Å². The fraction of sp³-hybridized carbons (Fsp3) is 0.0400. The lowest BCUT2D eigenvalue weighted by Gasteiger charge is -2.09. The average Bonchev–Trinajstić information content (AvgIpc) is 3.14. The van der Waals surface area contributed by atoms with Gasteiger partial charge in [-0.2, -0.15) is 0 Å². The number of fused-ring (bicyclic) bond motifs is 3. The van der Waals surface area contributed by atoms with Crippen LogP contribution in [0, 0.1) is 10.1 Å². The van der Waals surface area contributed by atoms with E-state index in [1.165, 1.54) is 13.2 Å². The number of aromatic nitrogens is 1. The summed E-state index contributed by atoms with van der Waals surface area (Å²) in [6, 6.07) is 29.2. The molecule has 0 aliphatic heterocycles. The Labute approximate surface area is 172 Å². The van der Waals surface area contributed by atoms with Crippen LogP contribution in [0.3, 0.4) is 0 Å². The Kier molecular flexibility index (Phi) is 4.21. The Morgan fingerprint density at radius 1 is 0.800 bits per heavy atom. The standard InChI is InChI=1S/C25H18N2O3/c1-30-18-14-15-19(24(16-18)27(28)29)20-11-7-13-23-25(20)21-10-5-6-12-22(21)26(23)17-8-3-2-4-9-17/h2-16H,1H3. The normalized spacial score (nSPS) is 11.1. The van der Waals surface area contributed by atoms with Gasteiger partial charge in [-0.1, -0.05) is 48.5 Å². The molecule has 5 rings (SSSR count). The molecule has 0 saturated heterocycles. The zero-order valence-electron chi connectivity index (χ0n) is 16.3. The third-order valence-corrected chi connectivity index (χ3v) is 5.40. The van der Waals surface area contributed by atoms with Crippen LogP contribution in [0.2, 0.25) is 0 Å². The van der Waals surface area contributed by atoms with E-state index in [9.17, 15) is 10.1 Å². The molecule has 0 aliphatic rings. The number of hydrogen-bond donors (Lipinski definition) is 0. The molecule has 146 valence electrons. The molecule has 0 bridgehead atoms. The molecule has 4 aromatic carbocycles. The molecule has 0 radical (unpaired) electrons. The lowest BCUT2D eigenvalue weighted by atomic mass is 9.98. The van der Waals surface area contributed by atoms with Gasteiger partial charge in [0, 0.05) is 16.5 Å². The maximum Gasteiger partial charge on any atom is 0.280 e. The molecule has 30 heavy (non-hydrogen) atoms. The first kappa shape index (κ1) is 17.9. The van der Waals surface area contributed by atoms with Gasteiger partial charge in [-0.3, -0.25) is 10.1 Å². The molecular weight excluding hydrogens is 376 g/mol. The zero-order chi connectivity index (χ0) is 20.7. The second-order valence-electron chi connectivity index (χ2n) is 7.03. The van der Waals surface area contributed by atoms with Crippen molar-refractivity contribution in [2.45, 2.75) is 0 Å². The number of nitro benzene ring substituents is 1. The minimum atomic E-state index is -0.354. The molecule has 0 N–H and O–H groups in total. The highest BCUT2D eigenvalue weighted by molar-refractivity contribution is 6.16. The van der Waals surface area contributed by atoms with Gasteiger partial charge < -0.3 is 9.30 Å². The third kappa shape index (κ3) is 2.71. The van der Waals surface area contributed by atoms with Crippen LogP contribution >= 0.6 is 0 Å². The summed E-state index contributed by atoms with van der Waals surface area (Å²) in [5.41, 5.74) is 4.53. The van der Waals surface area contributed by atoms with Crippen LogP contribution < -0.4 is 4.74 Å². The van der Waals surface area contributed by atoms with E-state index in [2.05, 4.69) is 34.9 Å². The van der Waals surface area contributed by atoms with Crippen molar-refractivity contribution in [3.63, 3.8) is 0 Å². The van der Waals surface area contributed by atoms with Gasteiger partial charge in [0.05, 0.1) is 34.7 Å². The maximum atomic E-state index is 11.8. The molecule has 0 amide bonds. The van der Waals surface area contributed by atoms with Crippen LogP contribution in [0.5, 0.6) is 5.75 Å². The Morgan fingerprint density at radius 2 is 1.53 bits per heavy atom. The molecule has 5 heteroatoms. The fourth-order valence-corrected chi connectivity index (χ4v) is 4.12. The van der Waals surface area contributed by atoms with E-state index in [1.54, 1.807) is 12.1 Å². The van der Waals surface area contributed by atoms with Gasteiger partial charge in [-0.25, -0.2) is 0 Å². The number of ether oxygens (including phenoxy) is 1. The summed E-state index contributed by atoms with van der Waals surface area (Å²) < 4.78 is 7.40. The molecule has 0 atom stereocenters. The maximum absolute atomic E-state index is 11.8. The topological polar surface area (TPSA) is 57.3 Å². The highest BCUT2D eigenvalue weighted by Gasteiger charge is 2.21. The van der Waals surface area contributed by atoms with Crippen LogP contribution in [0.4, 0.5) is 5.69 Å². The molecule has 5 nitrogen and oxygen atoms in total. The summed E-state index contributed by atoms with van der Waals surface area (Å²) in [5, 5.41) is 13.9. The molecule has 1 heterocycles. The first-order chi connectivity index (χ1) is 14.7. The highest BCUT2D eigenvalue weighted by Crippen LogP contribution is 2.41. The quantitative estimate of drug-likeness (QED) is 0.263. The van der Waals surface area contributed by atoms with E-state index in [-0.39, 0.29) is 10.6 Å². The molecule has 1 aromatic heterocycles. The minimum Gasteiger partial charge on any atom is -0.497 e. The van der Waals surface area contributed by atoms with Crippen molar-refractivity contribution < 1.29 is 9.66 Å². The van der Waals surface area contributed by atoms with Gasteiger partial charge in [0.15, 0.2) is 0 Å². The average molecular weight is 394 g/mol. The molecule has 0 saturated carbocycles. The molecule has 0 fully saturated rings. The molecule has 5 aromatic rings. The van der Waals surface area contributed by atoms with Crippen molar-refractivity contribution in [1.29, 1.82) is 0 Å². The van der Waals surface area contributed by atoms with Crippen LogP contribution in [-0.4, -0.2) is 16.6 Å². The van der Waals surface area contributed by atoms with Gasteiger partial charge >= 0.3 is 0 Å². The van der Waals surface area contributed by atoms with Crippen molar-refractivity contribution in [1.82, 2.24) is 4.57 Å². The van der Waals surface area contributed by atoms with Crippen LogP contribution in [0.15, 0.2) is 91.0 Å². The predicted octanol–water partition coefficient (Wildman–Crippen LogP) is 6.37. The van der Waals surface area contributed by atoms with Crippen molar-refractivity contribution in [3.05, 3.63) is 101 Å². The molecule has 0 spiro atoms. The number of methoxy groups -OCH3 is 1. The number of hydrogen-bond acceptors (Lipinski definition) is 3. The second-order valence-corrected chi connectivity index (χ2v) is 7.03. The Balaban J connectivity index is 1.91. The van der Waals surface area contributed by atoms with Gasteiger partial charge in [-0.05, 0) is 42.0 Å². The van der Waals surface area contributed by atoms with Crippen molar-refractivity contribution in [2.75, 3.05) is 7.11 Å². The fourth-order valence-electron chi connectivity index (χ4n) is 4.12. The largest absolute Gasteiger partial charge is 0.497 e. The number of nitrogens with zero attached hydrogens (tertiary/aromatic N) is 2. The van der Waals surface area contributed by atoms with E-state index in [0.717, 1.165) is 33.1 Å². The smallest absolute Gasteiger partial charge is 0.280 e. The van der Waals surface area contributed by atoms with Gasteiger partial charge in [0.25, 0.3) is 5.69 Å². The molecule has 0 aliphatic carbocycles. The van der Waals surface area contributed by atoms with E-state index in [1.807, 2.05) is 42.5 Å². The predicted molar refractivity (Wildman–Crippen MR) is 119 cm³/mol. The Morgan fingerprint density at radius 3 is 2.30 bits per heavy atom. The number of benzene rings is 4. The van der Waals surface area contributed by atoms with E-state index < -0.39 is 0 Å². The van der Waals surface area contributed by atoms with Crippen LogP contribution in [0.1, 0.15) is 0 Å². The Hall–Kier alpha value is -4.12. The van der Waals surface area contributed by atoms with Gasteiger partial charge in [-0.15, -0.1) is 0 Å². The summed E-state index contributed by atoms with van der Waals surface area (Å²) in [6.45, 7) is 0.